The van der Waals surface area contributed by atoms with Crippen LogP contribution in [0.3, 0.4) is 0 Å². The van der Waals surface area contributed by atoms with Crippen molar-refractivity contribution in [2.24, 2.45) is 0 Å². The normalized spacial score (nSPS) is 15.1. The number of rotatable bonds is 7. The van der Waals surface area contributed by atoms with E-state index >= 15 is 0 Å². The molecule has 3 aromatic rings. The van der Waals surface area contributed by atoms with Crippen molar-refractivity contribution in [3.05, 3.63) is 70.8 Å². The highest BCUT2D eigenvalue weighted by Crippen LogP contribution is 2.35. The third-order valence-corrected chi connectivity index (χ3v) is 6.46. The van der Waals surface area contributed by atoms with E-state index in [1.807, 2.05) is 65.4 Å². The lowest BCUT2D eigenvalue weighted by Gasteiger charge is -2.14. The van der Waals surface area contributed by atoms with Crippen molar-refractivity contribution in [2.75, 3.05) is 13.7 Å². The summed E-state index contributed by atoms with van der Waals surface area (Å²) in [5.74, 6) is 0.335. The zero-order valence-electron chi connectivity index (χ0n) is 17.7. The number of esters is 1. The van der Waals surface area contributed by atoms with Gasteiger partial charge in [0.25, 0.3) is 5.91 Å². The number of hydrogen-bond acceptors (Lipinski definition) is 6. The molecule has 1 fully saturated rings. The van der Waals surface area contributed by atoms with Crippen LogP contribution in [0.5, 0.6) is 5.75 Å². The third kappa shape index (κ3) is 4.56. The highest BCUT2D eigenvalue weighted by Gasteiger charge is 2.32. The van der Waals surface area contributed by atoms with E-state index < -0.39 is 0 Å². The minimum atomic E-state index is -0.300. The van der Waals surface area contributed by atoms with Crippen molar-refractivity contribution in [2.45, 2.75) is 20.0 Å². The highest BCUT2D eigenvalue weighted by molar-refractivity contribution is 8.26. The van der Waals surface area contributed by atoms with E-state index in [2.05, 4.69) is 0 Å². The highest BCUT2D eigenvalue weighted by atomic mass is 32.2. The van der Waals surface area contributed by atoms with Crippen LogP contribution in [0, 0.1) is 0 Å². The van der Waals surface area contributed by atoms with Crippen LogP contribution in [0.15, 0.2) is 59.6 Å². The van der Waals surface area contributed by atoms with Gasteiger partial charge in [0.1, 0.15) is 16.6 Å². The number of nitrogens with zero attached hydrogens (tertiary/aromatic N) is 2. The zero-order valence-corrected chi connectivity index (χ0v) is 19.4. The Morgan fingerprint density at radius 3 is 2.62 bits per heavy atom. The summed E-state index contributed by atoms with van der Waals surface area (Å²) in [5, 5.41) is 0.956. The molecular weight excluding hydrogens is 444 g/mol. The lowest BCUT2D eigenvalue weighted by atomic mass is 10.1. The number of para-hydroxylation sites is 1. The molecule has 164 valence electrons. The second kappa shape index (κ2) is 9.58. The van der Waals surface area contributed by atoms with Gasteiger partial charge >= 0.3 is 5.97 Å². The molecule has 0 N–H and O–H groups in total. The Kier molecular flexibility index (Phi) is 6.62. The zero-order chi connectivity index (χ0) is 22.7. The van der Waals surface area contributed by atoms with Crippen LogP contribution < -0.4 is 4.74 Å². The first-order valence-corrected chi connectivity index (χ1v) is 11.3. The predicted octanol–water partition coefficient (Wildman–Crippen LogP) is 4.61. The van der Waals surface area contributed by atoms with E-state index in [1.54, 1.807) is 18.9 Å². The molecule has 2 aromatic carbocycles. The fraction of sp³-hybridized carbons (Fsp3) is 0.208. The standard InChI is InChI=1S/C24H22N2O4S2/c1-3-30-22(27)15-25-14-17(19-6-4-5-7-20(19)25)12-21-23(28)26(24(31)32-21)13-16-8-10-18(29-2)11-9-16/h4-12,14H,3,13,15H2,1-2H3/b21-12-. The topological polar surface area (TPSA) is 60.8 Å². The largest absolute Gasteiger partial charge is 0.497 e. The van der Waals surface area contributed by atoms with Crippen molar-refractivity contribution in [1.82, 2.24) is 9.47 Å². The Morgan fingerprint density at radius 2 is 1.91 bits per heavy atom. The molecule has 0 bridgehead atoms. The molecule has 0 saturated carbocycles. The lowest BCUT2D eigenvalue weighted by molar-refractivity contribution is -0.143. The molecule has 0 spiro atoms. The Labute approximate surface area is 195 Å². The van der Waals surface area contributed by atoms with E-state index in [-0.39, 0.29) is 18.4 Å². The van der Waals surface area contributed by atoms with Gasteiger partial charge in [0.05, 0.1) is 25.2 Å². The summed E-state index contributed by atoms with van der Waals surface area (Å²) >= 11 is 6.77. The Balaban J connectivity index is 1.60. The average molecular weight is 467 g/mol. The maximum Gasteiger partial charge on any atom is 0.325 e. The summed E-state index contributed by atoms with van der Waals surface area (Å²) in [6, 6.07) is 15.3. The number of ether oxygens (including phenoxy) is 2. The number of fused-ring (bicyclic) bond motifs is 1. The first-order valence-electron chi connectivity index (χ1n) is 10.1. The van der Waals surface area contributed by atoms with Gasteiger partial charge in [0.15, 0.2) is 0 Å². The van der Waals surface area contributed by atoms with Gasteiger partial charge in [0, 0.05) is 22.7 Å². The number of thiocarbonyl (C=S) groups is 1. The van der Waals surface area contributed by atoms with Crippen LogP contribution >= 0.6 is 24.0 Å². The van der Waals surface area contributed by atoms with E-state index in [0.29, 0.717) is 22.4 Å². The quantitative estimate of drug-likeness (QED) is 0.288. The van der Waals surface area contributed by atoms with E-state index in [0.717, 1.165) is 27.8 Å². The van der Waals surface area contributed by atoms with Crippen LogP contribution in [0.1, 0.15) is 18.1 Å². The third-order valence-electron chi connectivity index (χ3n) is 5.08. The minimum Gasteiger partial charge on any atom is -0.497 e. The Hall–Kier alpha value is -3.10. The van der Waals surface area contributed by atoms with Gasteiger partial charge in [0.2, 0.25) is 0 Å². The maximum absolute atomic E-state index is 13.1. The molecule has 1 aliphatic heterocycles. The smallest absolute Gasteiger partial charge is 0.325 e. The first kappa shape index (κ1) is 22.1. The van der Waals surface area contributed by atoms with Crippen LogP contribution in [-0.2, 0) is 27.4 Å². The molecular formula is C24H22N2O4S2. The van der Waals surface area contributed by atoms with Crippen molar-refractivity contribution < 1.29 is 19.1 Å². The second-order valence-electron chi connectivity index (χ2n) is 7.15. The lowest BCUT2D eigenvalue weighted by Crippen LogP contribution is -2.27. The van der Waals surface area contributed by atoms with Crippen molar-refractivity contribution in [3.8, 4) is 5.75 Å². The van der Waals surface area contributed by atoms with Crippen molar-refractivity contribution in [3.63, 3.8) is 0 Å². The molecule has 4 rings (SSSR count). The Bertz CT molecular complexity index is 1210. The predicted molar refractivity (Wildman–Crippen MR) is 130 cm³/mol. The summed E-state index contributed by atoms with van der Waals surface area (Å²) in [4.78, 5) is 27.3. The summed E-state index contributed by atoms with van der Waals surface area (Å²) in [5.41, 5.74) is 2.73. The van der Waals surface area contributed by atoms with Gasteiger partial charge in [-0.05, 0) is 36.8 Å². The van der Waals surface area contributed by atoms with E-state index in [1.165, 1.54) is 11.8 Å². The number of hydrogen-bond donors (Lipinski definition) is 0. The molecule has 1 amide bonds. The summed E-state index contributed by atoms with van der Waals surface area (Å²) in [6.45, 7) is 2.63. The van der Waals surface area contributed by atoms with Crippen LogP contribution in [0.4, 0.5) is 0 Å². The number of thioether (sulfide) groups is 1. The van der Waals surface area contributed by atoms with Gasteiger partial charge < -0.3 is 14.0 Å². The molecule has 32 heavy (non-hydrogen) atoms. The van der Waals surface area contributed by atoms with Crippen LogP contribution in [0.2, 0.25) is 0 Å². The van der Waals surface area contributed by atoms with Crippen molar-refractivity contribution in [1.29, 1.82) is 0 Å². The molecule has 1 aliphatic rings. The first-order chi connectivity index (χ1) is 15.5. The molecule has 0 radical (unpaired) electrons. The number of aromatic nitrogens is 1. The van der Waals surface area contributed by atoms with Gasteiger partial charge in [-0.15, -0.1) is 0 Å². The van der Waals surface area contributed by atoms with Gasteiger partial charge in [-0.3, -0.25) is 14.5 Å². The average Bonchev–Trinajstić information content (AvgIpc) is 3.26. The van der Waals surface area contributed by atoms with Gasteiger partial charge in [-0.2, -0.15) is 0 Å². The summed E-state index contributed by atoms with van der Waals surface area (Å²) in [6.07, 6.45) is 3.72. The molecule has 8 heteroatoms. The summed E-state index contributed by atoms with van der Waals surface area (Å²) in [7, 11) is 1.62. The fourth-order valence-corrected chi connectivity index (χ4v) is 4.80. The van der Waals surface area contributed by atoms with Gasteiger partial charge in [-0.1, -0.05) is 54.3 Å². The molecule has 0 unspecified atom stereocenters. The minimum absolute atomic E-state index is 0.112. The van der Waals surface area contributed by atoms with E-state index in [9.17, 15) is 9.59 Å². The number of methoxy groups -OCH3 is 1. The maximum atomic E-state index is 13.1. The summed E-state index contributed by atoms with van der Waals surface area (Å²) < 4.78 is 12.6. The molecule has 6 nitrogen and oxygen atoms in total. The van der Waals surface area contributed by atoms with Crippen LogP contribution in [0.25, 0.3) is 17.0 Å². The van der Waals surface area contributed by atoms with E-state index in [4.69, 9.17) is 21.7 Å². The number of amides is 1. The molecule has 2 heterocycles. The fourth-order valence-electron chi connectivity index (χ4n) is 3.56. The molecule has 1 aromatic heterocycles. The SMILES string of the molecule is CCOC(=O)Cn1cc(/C=C2\SC(=S)N(Cc3ccc(OC)cc3)C2=O)c2ccccc21. The molecule has 0 aliphatic carbocycles. The molecule has 1 saturated heterocycles. The number of carbonyl (C=O) groups is 2. The monoisotopic (exact) mass is 466 g/mol. The number of carbonyl (C=O) groups excluding carboxylic acids is 2. The number of benzene rings is 2. The van der Waals surface area contributed by atoms with Crippen LogP contribution in [-0.4, -0.2) is 39.4 Å². The Morgan fingerprint density at radius 1 is 1.16 bits per heavy atom. The molecule has 0 atom stereocenters. The second-order valence-corrected chi connectivity index (χ2v) is 8.83. The van der Waals surface area contributed by atoms with Gasteiger partial charge in [-0.25, -0.2) is 0 Å². The van der Waals surface area contributed by atoms with Crippen molar-refractivity contribution >= 4 is 57.2 Å².